The Morgan fingerprint density at radius 3 is 2.87 bits per heavy atom. The third kappa shape index (κ3) is 5.12. The highest BCUT2D eigenvalue weighted by atomic mass is 35.5. The molecule has 0 unspecified atom stereocenters. The SMILES string of the molecule is C[C@H](OC(=O)/C=C/c1ccco1)C(=O)Nc1ncc(Cl)cc1Cl. The van der Waals surface area contributed by atoms with E-state index in [0.717, 1.165) is 6.08 Å². The van der Waals surface area contributed by atoms with Crippen LogP contribution < -0.4 is 5.32 Å². The number of nitrogens with zero attached hydrogens (tertiary/aromatic N) is 1. The van der Waals surface area contributed by atoms with Crippen LogP contribution >= 0.6 is 23.2 Å². The molecule has 6 nitrogen and oxygen atoms in total. The molecule has 0 aromatic carbocycles. The largest absolute Gasteiger partial charge is 0.465 e. The summed E-state index contributed by atoms with van der Waals surface area (Å²) in [6.45, 7) is 1.43. The van der Waals surface area contributed by atoms with Crippen LogP contribution in [0.5, 0.6) is 0 Å². The monoisotopic (exact) mass is 354 g/mol. The number of halogens is 2. The highest BCUT2D eigenvalue weighted by molar-refractivity contribution is 6.36. The molecule has 0 spiro atoms. The lowest BCUT2D eigenvalue weighted by Gasteiger charge is -2.12. The molecule has 0 saturated heterocycles. The second kappa shape index (κ2) is 7.80. The molecule has 0 bridgehead atoms. The number of pyridine rings is 1. The van der Waals surface area contributed by atoms with Crippen LogP contribution in [0.25, 0.3) is 6.08 Å². The summed E-state index contributed by atoms with van der Waals surface area (Å²) in [4.78, 5) is 27.5. The maximum Gasteiger partial charge on any atom is 0.331 e. The molecule has 120 valence electrons. The molecule has 1 N–H and O–H groups in total. The lowest BCUT2D eigenvalue weighted by molar-refractivity contribution is -0.148. The average Bonchev–Trinajstić information content (AvgIpc) is 3.01. The van der Waals surface area contributed by atoms with Gasteiger partial charge in [-0.05, 0) is 31.2 Å². The van der Waals surface area contributed by atoms with Crippen molar-refractivity contribution < 1.29 is 18.7 Å². The molecule has 0 radical (unpaired) electrons. The van der Waals surface area contributed by atoms with E-state index in [9.17, 15) is 9.59 Å². The third-order valence-corrected chi connectivity index (χ3v) is 3.13. The summed E-state index contributed by atoms with van der Waals surface area (Å²) in [6, 6.07) is 4.80. The van der Waals surface area contributed by atoms with Crippen molar-refractivity contribution in [1.29, 1.82) is 0 Å². The molecule has 2 aromatic heterocycles. The maximum atomic E-state index is 12.0. The van der Waals surface area contributed by atoms with Gasteiger partial charge in [-0.15, -0.1) is 0 Å². The Bertz CT molecular complexity index is 729. The highest BCUT2D eigenvalue weighted by Crippen LogP contribution is 2.22. The van der Waals surface area contributed by atoms with E-state index >= 15 is 0 Å². The lowest BCUT2D eigenvalue weighted by Crippen LogP contribution is -2.29. The topological polar surface area (TPSA) is 81.4 Å². The Morgan fingerprint density at radius 1 is 1.43 bits per heavy atom. The molecular weight excluding hydrogens is 343 g/mol. The summed E-state index contributed by atoms with van der Waals surface area (Å²) >= 11 is 11.6. The summed E-state index contributed by atoms with van der Waals surface area (Å²) < 4.78 is 10.0. The van der Waals surface area contributed by atoms with E-state index in [0.29, 0.717) is 10.8 Å². The zero-order chi connectivity index (χ0) is 16.8. The van der Waals surface area contributed by atoms with Crippen LogP contribution in [0.15, 0.2) is 41.2 Å². The average molecular weight is 355 g/mol. The van der Waals surface area contributed by atoms with Crippen LogP contribution in [-0.4, -0.2) is 23.0 Å². The van der Waals surface area contributed by atoms with E-state index in [1.54, 1.807) is 12.1 Å². The van der Waals surface area contributed by atoms with Gasteiger partial charge < -0.3 is 14.5 Å². The molecule has 2 aromatic rings. The Balaban J connectivity index is 1.90. The number of aromatic nitrogens is 1. The fourth-order valence-corrected chi connectivity index (χ4v) is 1.96. The van der Waals surface area contributed by atoms with E-state index in [4.69, 9.17) is 32.4 Å². The third-order valence-electron chi connectivity index (χ3n) is 2.64. The number of furan rings is 1. The van der Waals surface area contributed by atoms with Gasteiger partial charge in [-0.1, -0.05) is 23.2 Å². The Morgan fingerprint density at radius 2 is 2.22 bits per heavy atom. The normalized spacial score (nSPS) is 12.1. The zero-order valence-corrected chi connectivity index (χ0v) is 13.5. The minimum atomic E-state index is -1.03. The molecule has 0 aliphatic heterocycles. The minimum absolute atomic E-state index is 0.134. The van der Waals surface area contributed by atoms with Crippen molar-refractivity contribution in [1.82, 2.24) is 4.98 Å². The first-order valence-corrected chi connectivity index (χ1v) is 7.25. The molecule has 0 saturated carbocycles. The van der Waals surface area contributed by atoms with Gasteiger partial charge in [-0.25, -0.2) is 9.78 Å². The van der Waals surface area contributed by atoms with Gasteiger partial charge in [0.15, 0.2) is 11.9 Å². The van der Waals surface area contributed by atoms with Gasteiger partial charge in [0.1, 0.15) is 5.76 Å². The van der Waals surface area contributed by atoms with Crippen molar-refractivity contribution in [3.8, 4) is 0 Å². The fourth-order valence-electron chi connectivity index (χ4n) is 1.53. The van der Waals surface area contributed by atoms with Crippen LogP contribution in [0.1, 0.15) is 12.7 Å². The molecule has 2 heterocycles. The number of rotatable bonds is 5. The second-order valence-corrected chi connectivity index (χ2v) is 5.24. The van der Waals surface area contributed by atoms with Crippen LogP contribution in [0.3, 0.4) is 0 Å². The van der Waals surface area contributed by atoms with Gasteiger partial charge in [0.05, 0.1) is 16.3 Å². The van der Waals surface area contributed by atoms with Crippen LogP contribution in [-0.2, 0) is 14.3 Å². The first kappa shape index (κ1) is 17.1. The molecule has 0 aliphatic rings. The number of anilines is 1. The van der Waals surface area contributed by atoms with Crippen LogP contribution in [0.4, 0.5) is 5.82 Å². The number of hydrogen-bond acceptors (Lipinski definition) is 5. The van der Waals surface area contributed by atoms with Crippen molar-refractivity contribution in [3.05, 3.63) is 52.5 Å². The van der Waals surface area contributed by atoms with Crippen molar-refractivity contribution in [2.75, 3.05) is 5.32 Å². The van der Waals surface area contributed by atoms with E-state index in [1.807, 2.05) is 0 Å². The summed E-state index contributed by atoms with van der Waals surface area (Å²) in [5.74, 6) is -0.619. The smallest absolute Gasteiger partial charge is 0.331 e. The predicted octanol–water partition coefficient (Wildman–Crippen LogP) is 3.57. The van der Waals surface area contributed by atoms with Crippen LogP contribution in [0, 0.1) is 0 Å². The van der Waals surface area contributed by atoms with Crippen molar-refractivity contribution in [2.24, 2.45) is 0 Å². The van der Waals surface area contributed by atoms with Crippen molar-refractivity contribution >= 4 is 47.0 Å². The first-order chi connectivity index (χ1) is 11.0. The van der Waals surface area contributed by atoms with Gasteiger partial charge >= 0.3 is 5.97 Å². The Kier molecular flexibility index (Phi) is 5.78. The molecule has 1 atom stereocenters. The number of carbonyl (C=O) groups is 2. The first-order valence-electron chi connectivity index (χ1n) is 6.50. The van der Waals surface area contributed by atoms with Gasteiger partial charge in [0.25, 0.3) is 5.91 Å². The molecule has 1 amide bonds. The van der Waals surface area contributed by atoms with Gasteiger partial charge in [0, 0.05) is 12.3 Å². The summed E-state index contributed by atoms with van der Waals surface area (Å²) in [5, 5.41) is 2.98. The number of ether oxygens (including phenoxy) is 1. The predicted molar refractivity (Wildman–Crippen MR) is 86.2 cm³/mol. The van der Waals surface area contributed by atoms with E-state index in [2.05, 4.69) is 10.3 Å². The van der Waals surface area contributed by atoms with E-state index in [1.165, 1.54) is 31.5 Å². The molecule has 0 fully saturated rings. The second-order valence-electron chi connectivity index (χ2n) is 4.40. The van der Waals surface area contributed by atoms with Crippen LogP contribution in [0.2, 0.25) is 10.0 Å². The molecule has 2 rings (SSSR count). The number of amides is 1. The number of esters is 1. The van der Waals surface area contributed by atoms with E-state index < -0.39 is 18.0 Å². The van der Waals surface area contributed by atoms with Crippen molar-refractivity contribution in [2.45, 2.75) is 13.0 Å². The minimum Gasteiger partial charge on any atom is -0.465 e. The highest BCUT2D eigenvalue weighted by Gasteiger charge is 2.18. The lowest BCUT2D eigenvalue weighted by atomic mass is 10.3. The molecule has 0 aliphatic carbocycles. The Hall–Kier alpha value is -2.31. The summed E-state index contributed by atoms with van der Waals surface area (Å²) in [7, 11) is 0. The molecular formula is C15H12Cl2N2O4. The summed E-state index contributed by atoms with van der Waals surface area (Å²) in [5.41, 5.74) is 0. The maximum absolute atomic E-state index is 12.0. The fraction of sp³-hybridized carbons (Fsp3) is 0.133. The van der Waals surface area contributed by atoms with Gasteiger partial charge in [0.2, 0.25) is 0 Å². The standard InChI is InChI=1S/C15H12Cl2N2O4/c1-9(23-13(20)5-4-11-3-2-6-22-11)15(21)19-14-12(17)7-10(16)8-18-14/h2-9H,1H3,(H,18,19,21)/b5-4+/t9-/m0/s1. The number of nitrogens with one attached hydrogen (secondary N) is 1. The number of hydrogen-bond donors (Lipinski definition) is 1. The zero-order valence-electron chi connectivity index (χ0n) is 12.0. The molecule has 8 heteroatoms. The van der Waals surface area contributed by atoms with Crippen molar-refractivity contribution in [3.63, 3.8) is 0 Å². The van der Waals surface area contributed by atoms with E-state index in [-0.39, 0.29) is 10.8 Å². The summed E-state index contributed by atoms with van der Waals surface area (Å²) in [6.07, 6.45) is 4.38. The number of carbonyl (C=O) groups excluding carboxylic acids is 2. The van der Waals surface area contributed by atoms with Gasteiger partial charge in [-0.3, -0.25) is 4.79 Å². The quantitative estimate of drug-likeness (QED) is 0.655. The molecule has 23 heavy (non-hydrogen) atoms. The van der Waals surface area contributed by atoms with Gasteiger partial charge in [-0.2, -0.15) is 0 Å². The Labute approximate surface area is 142 Å².